The summed E-state index contributed by atoms with van der Waals surface area (Å²) in [6.07, 6.45) is 0. The van der Waals surface area contributed by atoms with Crippen LogP contribution in [0.15, 0.2) is 29.2 Å². The SMILES string of the molecule is COCCN(CCO)C(=O)CSc1ccc([N+](=O)[O-])cc1. The second kappa shape index (κ2) is 9.32. The van der Waals surface area contributed by atoms with Crippen molar-refractivity contribution < 1.29 is 19.6 Å². The lowest BCUT2D eigenvalue weighted by Gasteiger charge is -2.21. The maximum Gasteiger partial charge on any atom is 0.269 e. The minimum atomic E-state index is -0.465. The summed E-state index contributed by atoms with van der Waals surface area (Å²) >= 11 is 1.30. The van der Waals surface area contributed by atoms with E-state index in [2.05, 4.69) is 0 Å². The molecule has 0 aliphatic heterocycles. The van der Waals surface area contributed by atoms with Crippen molar-refractivity contribution in [1.82, 2.24) is 4.90 Å². The highest BCUT2D eigenvalue weighted by Crippen LogP contribution is 2.21. The predicted octanol–water partition coefficient (Wildman–Crippen LogP) is 1.15. The van der Waals surface area contributed by atoms with E-state index in [1.807, 2.05) is 0 Å². The van der Waals surface area contributed by atoms with Gasteiger partial charge in [0.2, 0.25) is 5.91 Å². The van der Waals surface area contributed by atoms with E-state index in [1.54, 1.807) is 19.2 Å². The van der Waals surface area contributed by atoms with Crippen molar-refractivity contribution in [3.8, 4) is 0 Å². The summed E-state index contributed by atoms with van der Waals surface area (Å²) in [5.74, 6) is 0.103. The van der Waals surface area contributed by atoms with Gasteiger partial charge in [0.25, 0.3) is 5.69 Å². The number of benzene rings is 1. The number of aliphatic hydroxyl groups excluding tert-OH is 1. The summed E-state index contributed by atoms with van der Waals surface area (Å²) in [6, 6.07) is 6.04. The van der Waals surface area contributed by atoms with Gasteiger partial charge in [0.1, 0.15) is 0 Å². The number of ether oxygens (including phenoxy) is 1. The van der Waals surface area contributed by atoms with Gasteiger partial charge in [-0.1, -0.05) is 0 Å². The van der Waals surface area contributed by atoms with E-state index in [1.165, 1.54) is 28.8 Å². The van der Waals surface area contributed by atoms with Crippen LogP contribution in [0.2, 0.25) is 0 Å². The second-order valence-electron chi connectivity index (χ2n) is 4.14. The van der Waals surface area contributed by atoms with Gasteiger partial charge in [-0.15, -0.1) is 11.8 Å². The van der Waals surface area contributed by atoms with Crippen molar-refractivity contribution in [3.05, 3.63) is 34.4 Å². The molecule has 21 heavy (non-hydrogen) atoms. The molecule has 1 N–H and O–H groups in total. The smallest absolute Gasteiger partial charge is 0.269 e. The van der Waals surface area contributed by atoms with Gasteiger partial charge in [-0.25, -0.2) is 0 Å². The molecule has 1 amide bonds. The summed E-state index contributed by atoms with van der Waals surface area (Å²) in [5, 5.41) is 19.5. The first kappa shape index (κ1) is 17.4. The van der Waals surface area contributed by atoms with Crippen LogP contribution in [0.4, 0.5) is 5.69 Å². The van der Waals surface area contributed by atoms with E-state index in [4.69, 9.17) is 9.84 Å². The number of rotatable bonds is 9. The molecule has 1 aromatic rings. The molecule has 0 atom stereocenters. The number of nitro benzene ring substituents is 1. The number of methoxy groups -OCH3 is 1. The van der Waals surface area contributed by atoms with Crippen LogP contribution in [0.5, 0.6) is 0 Å². The molecular formula is C13H18N2O5S. The number of thioether (sulfide) groups is 1. The molecule has 1 aromatic carbocycles. The second-order valence-corrected chi connectivity index (χ2v) is 5.19. The van der Waals surface area contributed by atoms with Crippen LogP contribution in [-0.4, -0.2) is 60.0 Å². The molecule has 0 bridgehead atoms. The lowest BCUT2D eigenvalue weighted by Crippen LogP contribution is -2.37. The van der Waals surface area contributed by atoms with Gasteiger partial charge in [-0.05, 0) is 12.1 Å². The number of nitrogens with zero attached hydrogens (tertiary/aromatic N) is 2. The van der Waals surface area contributed by atoms with Crippen LogP contribution in [0, 0.1) is 10.1 Å². The topological polar surface area (TPSA) is 92.9 Å². The fourth-order valence-corrected chi connectivity index (χ4v) is 2.39. The zero-order chi connectivity index (χ0) is 15.7. The zero-order valence-electron chi connectivity index (χ0n) is 11.7. The van der Waals surface area contributed by atoms with E-state index < -0.39 is 4.92 Å². The largest absolute Gasteiger partial charge is 0.395 e. The third-order valence-electron chi connectivity index (χ3n) is 2.70. The Labute approximate surface area is 127 Å². The van der Waals surface area contributed by atoms with E-state index in [0.29, 0.717) is 13.2 Å². The van der Waals surface area contributed by atoms with Gasteiger partial charge in [0.05, 0.1) is 23.9 Å². The molecule has 0 saturated carbocycles. The number of hydrogen-bond donors (Lipinski definition) is 1. The Morgan fingerprint density at radius 1 is 1.38 bits per heavy atom. The molecule has 0 unspecified atom stereocenters. The minimum Gasteiger partial charge on any atom is -0.395 e. The molecule has 116 valence electrons. The molecule has 0 saturated heterocycles. The molecule has 0 aromatic heterocycles. The number of aliphatic hydroxyl groups is 1. The number of carbonyl (C=O) groups excluding carboxylic acids is 1. The zero-order valence-corrected chi connectivity index (χ0v) is 12.5. The molecule has 7 nitrogen and oxygen atoms in total. The normalized spacial score (nSPS) is 10.4. The first-order chi connectivity index (χ1) is 10.1. The average molecular weight is 314 g/mol. The average Bonchev–Trinajstić information content (AvgIpc) is 2.49. The lowest BCUT2D eigenvalue weighted by atomic mass is 10.3. The summed E-state index contributed by atoms with van der Waals surface area (Å²) in [5.41, 5.74) is 0.0210. The molecule has 0 radical (unpaired) electrons. The van der Waals surface area contributed by atoms with Crippen molar-refractivity contribution >= 4 is 23.4 Å². The Morgan fingerprint density at radius 2 is 2.05 bits per heavy atom. The maximum absolute atomic E-state index is 12.0. The Morgan fingerprint density at radius 3 is 2.57 bits per heavy atom. The van der Waals surface area contributed by atoms with Gasteiger partial charge >= 0.3 is 0 Å². The molecule has 0 spiro atoms. The molecular weight excluding hydrogens is 296 g/mol. The third-order valence-corrected chi connectivity index (χ3v) is 3.69. The van der Waals surface area contributed by atoms with Gasteiger partial charge < -0.3 is 14.7 Å². The van der Waals surface area contributed by atoms with Crippen LogP contribution >= 0.6 is 11.8 Å². The van der Waals surface area contributed by atoms with Crippen molar-refractivity contribution in [2.24, 2.45) is 0 Å². The highest BCUT2D eigenvalue weighted by atomic mass is 32.2. The summed E-state index contributed by atoms with van der Waals surface area (Å²) in [7, 11) is 1.55. The van der Waals surface area contributed by atoms with E-state index in [0.717, 1.165) is 4.90 Å². The van der Waals surface area contributed by atoms with Crippen LogP contribution in [-0.2, 0) is 9.53 Å². The number of amides is 1. The minimum absolute atomic E-state index is 0.0210. The third kappa shape index (κ3) is 6.11. The molecule has 8 heteroatoms. The van der Waals surface area contributed by atoms with Crippen LogP contribution in [0.25, 0.3) is 0 Å². The highest BCUT2D eigenvalue weighted by molar-refractivity contribution is 8.00. The van der Waals surface area contributed by atoms with Gasteiger partial charge in [-0.3, -0.25) is 14.9 Å². The first-order valence-electron chi connectivity index (χ1n) is 6.33. The molecule has 1 rings (SSSR count). The molecule has 0 aliphatic rings. The Kier molecular flexibility index (Phi) is 7.73. The number of nitro groups is 1. The van der Waals surface area contributed by atoms with E-state index >= 15 is 0 Å². The lowest BCUT2D eigenvalue weighted by molar-refractivity contribution is -0.384. The summed E-state index contributed by atoms with van der Waals surface area (Å²) < 4.78 is 4.92. The first-order valence-corrected chi connectivity index (χ1v) is 7.32. The summed E-state index contributed by atoms with van der Waals surface area (Å²) in [6.45, 7) is 1.01. The van der Waals surface area contributed by atoms with Gasteiger partial charge in [0, 0.05) is 37.2 Å². The van der Waals surface area contributed by atoms with Crippen molar-refractivity contribution in [3.63, 3.8) is 0 Å². The van der Waals surface area contributed by atoms with Crippen molar-refractivity contribution in [2.45, 2.75) is 4.90 Å². The quantitative estimate of drug-likeness (QED) is 0.417. The predicted molar refractivity (Wildman–Crippen MR) is 79.4 cm³/mol. The number of carbonyl (C=O) groups is 1. The Balaban J connectivity index is 2.51. The number of hydrogen-bond acceptors (Lipinski definition) is 6. The van der Waals surface area contributed by atoms with Crippen LogP contribution in [0.1, 0.15) is 0 Å². The van der Waals surface area contributed by atoms with Crippen LogP contribution < -0.4 is 0 Å². The molecule has 0 aliphatic carbocycles. The van der Waals surface area contributed by atoms with Crippen molar-refractivity contribution in [2.75, 3.05) is 39.2 Å². The monoisotopic (exact) mass is 314 g/mol. The van der Waals surface area contributed by atoms with Crippen LogP contribution in [0.3, 0.4) is 0 Å². The highest BCUT2D eigenvalue weighted by Gasteiger charge is 2.13. The van der Waals surface area contributed by atoms with Gasteiger partial charge in [-0.2, -0.15) is 0 Å². The van der Waals surface area contributed by atoms with Crippen molar-refractivity contribution in [1.29, 1.82) is 0 Å². The fourth-order valence-electron chi connectivity index (χ4n) is 1.58. The van der Waals surface area contributed by atoms with E-state index in [-0.39, 0.29) is 30.5 Å². The Bertz CT molecular complexity index is 466. The summed E-state index contributed by atoms with van der Waals surface area (Å²) in [4.78, 5) is 24.4. The Hall–Kier alpha value is -1.64. The number of non-ortho nitro benzene ring substituents is 1. The standard InChI is InChI=1S/C13H18N2O5S/c1-20-9-7-14(6-8-16)13(17)10-21-12-4-2-11(3-5-12)15(18)19/h2-5,16H,6-10H2,1H3. The molecule has 0 fully saturated rings. The maximum atomic E-state index is 12.0. The molecule has 0 heterocycles. The van der Waals surface area contributed by atoms with Gasteiger partial charge in [0.15, 0.2) is 0 Å². The fraction of sp³-hybridized carbons (Fsp3) is 0.462. The van der Waals surface area contributed by atoms with E-state index in [9.17, 15) is 14.9 Å².